The van der Waals surface area contributed by atoms with Gasteiger partial charge in [0.2, 0.25) is 5.91 Å². The number of carbonyl (C=O) groups excluding carboxylic acids is 1. The summed E-state index contributed by atoms with van der Waals surface area (Å²) in [6, 6.07) is 9.53. The van der Waals surface area contributed by atoms with Crippen molar-refractivity contribution in [2.75, 3.05) is 25.1 Å². The largest absolute Gasteiger partial charge is 0.377 e. The van der Waals surface area contributed by atoms with Gasteiger partial charge < -0.3 is 15.4 Å². The molecule has 2 N–H and O–H groups in total. The molecule has 0 heterocycles. The van der Waals surface area contributed by atoms with Crippen LogP contribution in [-0.2, 0) is 9.53 Å². The number of ether oxygens (including phenoxy) is 1. The molecule has 0 saturated carbocycles. The van der Waals surface area contributed by atoms with Crippen molar-refractivity contribution >= 4 is 11.6 Å². The molecule has 1 unspecified atom stereocenters. The van der Waals surface area contributed by atoms with Crippen molar-refractivity contribution in [3.8, 4) is 0 Å². The lowest BCUT2D eigenvalue weighted by Crippen LogP contribution is -2.34. The molecule has 0 saturated heterocycles. The third-order valence-electron chi connectivity index (χ3n) is 2.59. The summed E-state index contributed by atoms with van der Waals surface area (Å²) in [4.78, 5) is 13.6. The zero-order valence-electron chi connectivity index (χ0n) is 10.4. The maximum absolute atomic E-state index is 12.0. The van der Waals surface area contributed by atoms with Gasteiger partial charge in [0.15, 0.2) is 0 Å². The minimum absolute atomic E-state index is 0.0140. The van der Waals surface area contributed by atoms with Crippen LogP contribution < -0.4 is 10.6 Å². The molecule has 1 amide bonds. The number of hydrogen-bond donors (Lipinski definition) is 1. The molecular weight excluding hydrogens is 216 g/mol. The summed E-state index contributed by atoms with van der Waals surface area (Å²) >= 11 is 0. The first-order valence-corrected chi connectivity index (χ1v) is 5.82. The van der Waals surface area contributed by atoms with Crippen LogP contribution in [0.25, 0.3) is 0 Å². The predicted octanol–water partition coefficient (Wildman–Crippen LogP) is 1.40. The Hall–Kier alpha value is -1.39. The first-order chi connectivity index (χ1) is 8.19. The number of amides is 1. The van der Waals surface area contributed by atoms with E-state index in [0.717, 1.165) is 5.69 Å². The number of carbonyl (C=O) groups is 1. The van der Waals surface area contributed by atoms with Crippen LogP contribution in [0.4, 0.5) is 5.69 Å². The Kier molecular flexibility index (Phi) is 5.66. The van der Waals surface area contributed by atoms with Crippen molar-refractivity contribution in [3.05, 3.63) is 30.3 Å². The number of anilines is 1. The lowest BCUT2D eigenvalue weighted by molar-refractivity contribution is -0.120. The monoisotopic (exact) mass is 236 g/mol. The Morgan fingerprint density at radius 1 is 1.41 bits per heavy atom. The molecule has 4 nitrogen and oxygen atoms in total. The highest BCUT2D eigenvalue weighted by Gasteiger charge is 2.16. The van der Waals surface area contributed by atoms with Crippen molar-refractivity contribution in [2.45, 2.75) is 19.4 Å². The fourth-order valence-corrected chi connectivity index (χ4v) is 1.57. The van der Waals surface area contributed by atoms with Crippen LogP contribution in [0.2, 0.25) is 0 Å². The van der Waals surface area contributed by atoms with Crippen molar-refractivity contribution in [1.29, 1.82) is 0 Å². The van der Waals surface area contributed by atoms with E-state index in [1.807, 2.05) is 37.3 Å². The molecule has 0 aliphatic carbocycles. The average Bonchev–Trinajstić information content (AvgIpc) is 2.38. The number of nitrogens with two attached hydrogens (primary N) is 1. The highest BCUT2D eigenvalue weighted by molar-refractivity contribution is 5.93. The van der Waals surface area contributed by atoms with E-state index >= 15 is 0 Å². The molecule has 0 aliphatic rings. The van der Waals surface area contributed by atoms with Gasteiger partial charge in [0.1, 0.15) is 0 Å². The number of rotatable bonds is 6. The Morgan fingerprint density at radius 2 is 2.06 bits per heavy atom. The maximum atomic E-state index is 12.0. The van der Waals surface area contributed by atoms with Gasteiger partial charge in [-0.15, -0.1) is 0 Å². The van der Waals surface area contributed by atoms with Crippen molar-refractivity contribution < 1.29 is 9.53 Å². The SMILES string of the molecule is CCOC(CN)CC(=O)N(C)c1ccccc1. The van der Waals surface area contributed by atoms with Crippen molar-refractivity contribution in [1.82, 2.24) is 0 Å². The molecule has 1 aromatic carbocycles. The summed E-state index contributed by atoms with van der Waals surface area (Å²) in [5.74, 6) is 0.0140. The fourth-order valence-electron chi connectivity index (χ4n) is 1.57. The Bertz CT molecular complexity index is 341. The van der Waals surface area contributed by atoms with E-state index < -0.39 is 0 Å². The van der Waals surface area contributed by atoms with Gasteiger partial charge >= 0.3 is 0 Å². The van der Waals surface area contributed by atoms with Crippen LogP contribution in [0.3, 0.4) is 0 Å². The standard InChI is InChI=1S/C13H20N2O2/c1-3-17-12(10-14)9-13(16)15(2)11-7-5-4-6-8-11/h4-8,12H,3,9-10,14H2,1-2H3. The second kappa shape index (κ2) is 7.04. The van der Waals surface area contributed by atoms with E-state index in [1.54, 1.807) is 11.9 Å². The fraction of sp³-hybridized carbons (Fsp3) is 0.462. The van der Waals surface area contributed by atoms with Gasteiger partial charge in [-0.05, 0) is 19.1 Å². The molecule has 0 radical (unpaired) electrons. The third-order valence-corrected chi connectivity index (χ3v) is 2.59. The van der Waals surface area contributed by atoms with Gasteiger partial charge in [-0.3, -0.25) is 4.79 Å². The molecule has 0 aliphatic heterocycles. The number of para-hydroxylation sites is 1. The molecule has 0 aromatic heterocycles. The van der Waals surface area contributed by atoms with E-state index in [0.29, 0.717) is 19.6 Å². The molecule has 0 bridgehead atoms. The smallest absolute Gasteiger partial charge is 0.229 e. The van der Waals surface area contributed by atoms with E-state index in [2.05, 4.69) is 0 Å². The zero-order valence-corrected chi connectivity index (χ0v) is 10.4. The summed E-state index contributed by atoms with van der Waals surface area (Å²) in [7, 11) is 1.76. The van der Waals surface area contributed by atoms with Gasteiger partial charge in [0.05, 0.1) is 12.5 Å². The molecule has 0 spiro atoms. The zero-order chi connectivity index (χ0) is 12.7. The second-order valence-electron chi connectivity index (χ2n) is 3.81. The molecule has 94 valence electrons. The Labute approximate surface area is 102 Å². The molecule has 0 fully saturated rings. The van der Waals surface area contributed by atoms with E-state index in [9.17, 15) is 4.79 Å². The van der Waals surface area contributed by atoms with Gasteiger partial charge in [-0.25, -0.2) is 0 Å². The number of benzene rings is 1. The van der Waals surface area contributed by atoms with Crippen LogP contribution in [0.5, 0.6) is 0 Å². The van der Waals surface area contributed by atoms with E-state index in [4.69, 9.17) is 10.5 Å². The average molecular weight is 236 g/mol. The molecule has 1 aromatic rings. The Balaban J connectivity index is 2.58. The predicted molar refractivity (Wildman–Crippen MR) is 68.9 cm³/mol. The van der Waals surface area contributed by atoms with Crippen LogP contribution in [0.1, 0.15) is 13.3 Å². The lowest BCUT2D eigenvalue weighted by Gasteiger charge is -2.20. The summed E-state index contributed by atoms with van der Waals surface area (Å²) in [6.07, 6.45) is 0.120. The first-order valence-electron chi connectivity index (χ1n) is 5.82. The van der Waals surface area contributed by atoms with Gasteiger partial charge in [-0.2, -0.15) is 0 Å². The highest BCUT2D eigenvalue weighted by Crippen LogP contribution is 2.13. The minimum atomic E-state index is -0.196. The summed E-state index contributed by atoms with van der Waals surface area (Å²) in [6.45, 7) is 2.83. The van der Waals surface area contributed by atoms with Crippen LogP contribution in [0.15, 0.2) is 30.3 Å². The van der Waals surface area contributed by atoms with Gasteiger partial charge in [0.25, 0.3) is 0 Å². The Morgan fingerprint density at radius 3 is 2.59 bits per heavy atom. The lowest BCUT2D eigenvalue weighted by atomic mass is 10.2. The molecule has 4 heteroatoms. The van der Waals surface area contributed by atoms with Crippen molar-refractivity contribution in [3.63, 3.8) is 0 Å². The van der Waals surface area contributed by atoms with Crippen LogP contribution in [-0.4, -0.2) is 32.2 Å². The van der Waals surface area contributed by atoms with Crippen molar-refractivity contribution in [2.24, 2.45) is 5.73 Å². The topological polar surface area (TPSA) is 55.6 Å². The van der Waals surface area contributed by atoms with Gasteiger partial charge in [-0.1, -0.05) is 18.2 Å². The maximum Gasteiger partial charge on any atom is 0.229 e. The number of hydrogen-bond acceptors (Lipinski definition) is 3. The third kappa shape index (κ3) is 4.17. The molecule has 17 heavy (non-hydrogen) atoms. The summed E-state index contributed by atoms with van der Waals surface area (Å²) < 4.78 is 5.38. The summed E-state index contributed by atoms with van der Waals surface area (Å²) in [5.41, 5.74) is 6.43. The molecule has 1 atom stereocenters. The highest BCUT2D eigenvalue weighted by atomic mass is 16.5. The van der Waals surface area contributed by atoms with Crippen LogP contribution in [0, 0.1) is 0 Å². The van der Waals surface area contributed by atoms with E-state index in [-0.39, 0.29) is 12.0 Å². The molecular formula is C13H20N2O2. The quantitative estimate of drug-likeness (QED) is 0.812. The second-order valence-corrected chi connectivity index (χ2v) is 3.81. The van der Waals surface area contributed by atoms with E-state index in [1.165, 1.54) is 0 Å². The molecule has 1 rings (SSSR count). The normalized spacial score (nSPS) is 12.2. The number of nitrogens with zero attached hydrogens (tertiary/aromatic N) is 1. The first kappa shape index (κ1) is 13.7. The van der Waals surface area contributed by atoms with Gasteiger partial charge in [0, 0.05) is 25.9 Å². The van der Waals surface area contributed by atoms with Crippen LogP contribution >= 0.6 is 0 Å². The minimum Gasteiger partial charge on any atom is -0.377 e. The summed E-state index contributed by atoms with van der Waals surface area (Å²) in [5, 5.41) is 0.